The quantitative estimate of drug-likeness (QED) is 0.640. The Labute approximate surface area is 89.7 Å². The van der Waals surface area contributed by atoms with E-state index in [0.717, 1.165) is 17.2 Å². The molecule has 2 rings (SSSR count). The van der Waals surface area contributed by atoms with E-state index >= 15 is 0 Å². The van der Waals surface area contributed by atoms with Crippen LogP contribution in [0.2, 0.25) is 0 Å². The molecule has 0 fully saturated rings. The van der Waals surface area contributed by atoms with Crippen LogP contribution >= 0.6 is 0 Å². The average Bonchev–Trinajstić information content (AvgIpc) is 2.25. The number of benzene rings is 2. The summed E-state index contributed by atoms with van der Waals surface area (Å²) in [6, 6.07) is 7.99. The number of hydrogen-bond acceptors (Lipinski definition) is 1. The molecule has 0 N–H and O–H groups in total. The lowest BCUT2D eigenvalue weighted by atomic mass is 9.96. The van der Waals surface area contributed by atoms with Crippen LogP contribution in [0.25, 0.3) is 10.8 Å². The molecule has 0 aromatic heterocycles. The first-order valence-electron chi connectivity index (χ1n) is 5.09. The second-order valence-electron chi connectivity index (χ2n) is 4.04. The van der Waals surface area contributed by atoms with Crippen molar-refractivity contribution in [1.82, 2.24) is 0 Å². The molecule has 2 aromatic rings. The van der Waals surface area contributed by atoms with E-state index in [0.29, 0.717) is 0 Å². The van der Waals surface area contributed by atoms with Gasteiger partial charge in [0.2, 0.25) is 0 Å². The summed E-state index contributed by atoms with van der Waals surface area (Å²) in [5.41, 5.74) is 4.66. The monoisotopic (exact) mass is 198 g/mol. The fourth-order valence-electron chi connectivity index (χ4n) is 1.95. The van der Waals surface area contributed by atoms with E-state index in [9.17, 15) is 4.79 Å². The summed E-state index contributed by atoms with van der Waals surface area (Å²) >= 11 is 0. The van der Waals surface area contributed by atoms with Crippen LogP contribution in [-0.4, -0.2) is 6.29 Å². The van der Waals surface area contributed by atoms with Crippen LogP contribution in [0.3, 0.4) is 0 Å². The zero-order valence-electron chi connectivity index (χ0n) is 9.29. The SMILES string of the molecule is Cc1cc2cc(C=O)ccc2c(C)c1C. The lowest BCUT2D eigenvalue weighted by molar-refractivity contribution is 0.112. The Morgan fingerprint density at radius 1 is 1.00 bits per heavy atom. The molecule has 0 spiro atoms. The van der Waals surface area contributed by atoms with Crippen molar-refractivity contribution < 1.29 is 4.79 Å². The van der Waals surface area contributed by atoms with Crippen molar-refractivity contribution in [3.63, 3.8) is 0 Å². The summed E-state index contributed by atoms with van der Waals surface area (Å²) in [4.78, 5) is 10.7. The molecule has 0 unspecified atom stereocenters. The first-order chi connectivity index (χ1) is 7.13. The molecule has 0 aliphatic heterocycles. The summed E-state index contributed by atoms with van der Waals surface area (Å²) in [5, 5.41) is 2.39. The van der Waals surface area contributed by atoms with Crippen LogP contribution in [0.5, 0.6) is 0 Å². The lowest BCUT2D eigenvalue weighted by Crippen LogP contribution is -1.90. The molecule has 0 radical (unpaired) electrons. The van der Waals surface area contributed by atoms with Gasteiger partial charge in [0.15, 0.2) is 0 Å². The largest absolute Gasteiger partial charge is 0.298 e. The highest BCUT2D eigenvalue weighted by Gasteiger charge is 2.04. The van der Waals surface area contributed by atoms with E-state index in [2.05, 4.69) is 26.8 Å². The smallest absolute Gasteiger partial charge is 0.150 e. The highest BCUT2D eigenvalue weighted by Crippen LogP contribution is 2.25. The maximum absolute atomic E-state index is 10.7. The van der Waals surface area contributed by atoms with Crippen molar-refractivity contribution in [2.75, 3.05) is 0 Å². The number of hydrogen-bond donors (Lipinski definition) is 0. The van der Waals surface area contributed by atoms with Gasteiger partial charge in [-0.25, -0.2) is 0 Å². The summed E-state index contributed by atoms with van der Waals surface area (Å²) in [6.45, 7) is 6.37. The van der Waals surface area contributed by atoms with Crippen LogP contribution in [0.15, 0.2) is 24.3 Å². The van der Waals surface area contributed by atoms with Gasteiger partial charge >= 0.3 is 0 Å². The zero-order valence-corrected chi connectivity index (χ0v) is 9.29. The van der Waals surface area contributed by atoms with E-state index in [1.54, 1.807) is 0 Å². The third-order valence-corrected chi connectivity index (χ3v) is 3.14. The fraction of sp³-hybridized carbons (Fsp3) is 0.214. The summed E-state index contributed by atoms with van der Waals surface area (Å²) < 4.78 is 0. The number of aryl methyl sites for hydroxylation is 2. The van der Waals surface area contributed by atoms with Crippen LogP contribution in [-0.2, 0) is 0 Å². The van der Waals surface area contributed by atoms with Gasteiger partial charge in [-0.3, -0.25) is 4.79 Å². The van der Waals surface area contributed by atoms with E-state index in [1.165, 1.54) is 22.1 Å². The second-order valence-corrected chi connectivity index (χ2v) is 4.04. The third kappa shape index (κ3) is 1.54. The molecule has 0 atom stereocenters. The van der Waals surface area contributed by atoms with E-state index in [-0.39, 0.29) is 0 Å². The lowest BCUT2D eigenvalue weighted by Gasteiger charge is -2.09. The number of carbonyl (C=O) groups excluding carboxylic acids is 1. The molecular weight excluding hydrogens is 184 g/mol. The summed E-state index contributed by atoms with van der Waals surface area (Å²) in [7, 11) is 0. The number of fused-ring (bicyclic) bond motifs is 1. The van der Waals surface area contributed by atoms with Crippen LogP contribution < -0.4 is 0 Å². The van der Waals surface area contributed by atoms with Gasteiger partial charge in [-0.1, -0.05) is 18.2 Å². The molecule has 0 aliphatic rings. The second kappa shape index (κ2) is 3.50. The maximum atomic E-state index is 10.7. The first-order valence-corrected chi connectivity index (χ1v) is 5.09. The minimum Gasteiger partial charge on any atom is -0.298 e. The average molecular weight is 198 g/mol. The predicted octanol–water partition coefficient (Wildman–Crippen LogP) is 3.58. The topological polar surface area (TPSA) is 17.1 Å². The van der Waals surface area contributed by atoms with Crippen molar-refractivity contribution >= 4 is 17.1 Å². The highest BCUT2D eigenvalue weighted by atomic mass is 16.1. The van der Waals surface area contributed by atoms with Crippen molar-refractivity contribution in [3.05, 3.63) is 46.5 Å². The van der Waals surface area contributed by atoms with Gasteiger partial charge in [0.05, 0.1) is 0 Å². The molecule has 2 aromatic carbocycles. The highest BCUT2D eigenvalue weighted by molar-refractivity contribution is 5.92. The Morgan fingerprint density at radius 3 is 2.40 bits per heavy atom. The van der Waals surface area contributed by atoms with Crippen molar-refractivity contribution in [3.8, 4) is 0 Å². The molecule has 76 valence electrons. The molecular formula is C14H14O. The molecule has 0 saturated carbocycles. The fourth-order valence-corrected chi connectivity index (χ4v) is 1.95. The Balaban J connectivity index is 2.86. The van der Waals surface area contributed by atoms with Crippen molar-refractivity contribution in [2.24, 2.45) is 0 Å². The van der Waals surface area contributed by atoms with Crippen molar-refractivity contribution in [2.45, 2.75) is 20.8 Å². The first kappa shape index (κ1) is 9.91. The number of carbonyl (C=O) groups is 1. The molecule has 0 amide bonds. The van der Waals surface area contributed by atoms with Crippen LogP contribution in [0.1, 0.15) is 27.0 Å². The third-order valence-electron chi connectivity index (χ3n) is 3.14. The van der Waals surface area contributed by atoms with Gasteiger partial charge in [0.1, 0.15) is 6.29 Å². The Morgan fingerprint density at radius 2 is 1.73 bits per heavy atom. The van der Waals surface area contributed by atoms with E-state index in [1.807, 2.05) is 18.2 Å². The van der Waals surface area contributed by atoms with Gasteiger partial charge < -0.3 is 0 Å². The number of aldehydes is 1. The van der Waals surface area contributed by atoms with Gasteiger partial charge in [-0.05, 0) is 54.3 Å². The molecule has 1 heteroatoms. The molecule has 0 saturated heterocycles. The Hall–Kier alpha value is -1.63. The van der Waals surface area contributed by atoms with Gasteiger partial charge in [-0.15, -0.1) is 0 Å². The Kier molecular flexibility index (Phi) is 2.31. The maximum Gasteiger partial charge on any atom is 0.150 e. The molecule has 15 heavy (non-hydrogen) atoms. The van der Waals surface area contributed by atoms with Gasteiger partial charge in [0, 0.05) is 5.56 Å². The minimum atomic E-state index is 0.741. The van der Waals surface area contributed by atoms with Crippen molar-refractivity contribution in [1.29, 1.82) is 0 Å². The van der Waals surface area contributed by atoms with Crippen LogP contribution in [0, 0.1) is 20.8 Å². The molecule has 1 nitrogen and oxygen atoms in total. The van der Waals surface area contributed by atoms with Gasteiger partial charge in [0.25, 0.3) is 0 Å². The van der Waals surface area contributed by atoms with Crippen LogP contribution in [0.4, 0.5) is 0 Å². The van der Waals surface area contributed by atoms with E-state index < -0.39 is 0 Å². The molecule has 0 heterocycles. The number of rotatable bonds is 1. The minimum absolute atomic E-state index is 0.741. The zero-order chi connectivity index (χ0) is 11.0. The van der Waals surface area contributed by atoms with E-state index in [4.69, 9.17) is 0 Å². The molecule has 0 aliphatic carbocycles. The normalized spacial score (nSPS) is 10.6. The van der Waals surface area contributed by atoms with Gasteiger partial charge in [-0.2, -0.15) is 0 Å². The summed E-state index contributed by atoms with van der Waals surface area (Å²) in [5.74, 6) is 0. The predicted molar refractivity (Wildman–Crippen MR) is 63.5 cm³/mol. The summed E-state index contributed by atoms with van der Waals surface area (Å²) in [6.07, 6.45) is 0.893. The standard InChI is InChI=1S/C14H14O/c1-9-6-13-7-12(8-15)4-5-14(13)11(3)10(9)2/h4-8H,1-3H3. The molecule has 0 bridgehead atoms. The Bertz CT molecular complexity index is 539.